The first-order chi connectivity index (χ1) is 12.7. The van der Waals surface area contributed by atoms with Gasteiger partial charge < -0.3 is 15.2 Å². The number of hydrogen-bond acceptors (Lipinski definition) is 5. The van der Waals surface area contributed by atoms with E-state index in [2.05, 4.69) is 44.1 Å². The van der Waals surface area contributed by atoms with Crippen LogP contribution in [0.4, 0.5) is 0 Å². The number of benzene rings is 1. The van der Waals surface area contributed by atoms with Crippen molar-refractivity contribution >= 4 is 28.9 Å². The third-order valence-electron chi connectivity index (χ3n) is 3.67. The summed E-state index contributed by atoms with van der Waals surface area (Å²) in [5.41, 5.74) is 2.13. The predicted molar refractivity (Wildman–Crippen MR) is 105 cm³/mol. The molecule has 0 saturated carbocycles. The Morgan fingerprint density at radius 3 is 2.73 bits per heavy atom. The van der Waals surface area contributed by atoms with Crippen molar-refractivity contribution in [1.82, 2.24) is 20.8 Å². The van der Waals surface area contributed by atoms with Crippen LogP contribution >= 0.6 is 22.9 Å². The standard InChI is InChI=1S/C18H20ClN5OS/c1-3-20-18(21-10-15-12(2)8-9-26-15)22-11-16-23-17(24-25-16)13-4-6-14(19)7-5-13/h4-9H,3,10-11H2,1-2H3,(H2,20,21,22). The number of aromatic nitrogens is 2. The van der Waals surface area contributed by atoms with E-state index < -0.39 is 0 Å². The average Bonchev–Trinajstić information content (AvgIpc) is 3.27. The normalized spacial score (nSPS) is 11.6. The second-order valence-electron chi connectivity index (χ2n) is 5.59. The minimum atomic E-state index is 0.305. The fourth-order valence-corrected chi connectivity index (χ4v) is 3.24. The number of halogens is 1. The van der Waals surface area contributed by atoms with E-state index >= 15 is 0 Å². The molecule has 3 rings (SSSR count). The van der Waals surface area contributed by atoms with Gasteiger partial charge in [-0.25, -0.2) is 4.99 Å². The molecular weight excluding hydrogens is 370 g/mol. The van der Waals surface area contributed by atoms with Crippen molar-refractivity contribution in [2.75, 3.05) is 6.54 Å². The van der Waals surface area contributed by atoms with Gasteiger partial charge in [-0.3, -0.25) is 0 Å². The van der Waals surface area contributed by atoms with E-state index in [4.69, 9.17) is 16.1 Å². The second kappa shape index (κ2) is 8.82. The highest BCUT2D eigenvalue weighted by atomic mass is 35.5. The number of hydrogen-bond donors (Lipinski definition) is 2. The lowest BCUT2D eigenvalue weighted by Crippen LogP contribution is -2.36. The molecule has 0 spiro atoms. The molecule has 0 radical (unpaired) electrons. The Hall–Kier alpha value is -2.38. The zero-order valence-electron chi connectivity index (χ0n) is 14.6. The SMILES string of the molecule is CCNC(=NCc1nc(-c2ccc(Cl)cc2)no1)NCc1sccc1C. The van der Waals surface area contributed by atoms with Crippen LogP contribution in [-0.2, 0) is 13.1 Å². The van der Waals surface area contributed by atoms with Crippen molar-refractivity contribution in [3.8, 4) is 11.4 Å². The smallest absolute Gasteiger partial charge is 0.248 e. The fourth-order valence-electron chi connectivity index (χ4n) is 2.27. The van der Waals surface area contributed by atoms with Crippen LogP contribution in [0, 0.1) is 6.92 Å². The number of guanidine groups is 1. The largest absolute Gasteiger partial charge is 0.357 e. The molecule has 3 aromatic rings. The number of nitrogens with one attached hydrogen (secondary N) is 2. The molecule has 2 aromatic heterocycles. The number of aliphatic imine (C=N–C) groups is 1. The Morgan fingerprint density at radius 1 is 1.23 bits per heavy atom. The maximum absolute atomic E-state index is 5.90. The Balaban J connectivity index is 1.64. The van der Waals surface area contributed by atoms with Gasteiger partial charge in [0.1, 0.15) is 6.54 Å². The Bertz CT molecular complexity index is 872. The molecule has 6 nitrogen and oxygen atoms in total. The molecule has 136 valence electrons. The van der Waals surface area contributed by atoms with Crippen LogP contribution in [0.25, 0.3) is 11.4 Å². The van der Waals surface area contributed by atoms with Gasteiger partial charge >= 0.3 is 0 Å². The van der Waals surface area contributed by atoms with E-state index in [1.54, 1.807) is 23.5 Å². The van der Waals surface area contributed by atoms with Crippen molar-refractivity contribution < 1.29 is 4.52 Å². The van der Waals surface area contributed by atoms with Crippen LogP contribution in [0.3, 0.4) is 0 Å². The minimum Gasteiger partial charge on any atom is -0.357 e. The molecule has 0 unspecified atom stereocenters. The van der Waals surface area contributed by atoms with E-state index in [0.717, 1.165) is 18.7 Å². The maximum atomic E-state index is 5.90. The number of thiophene rings is 1. The molecule has 2 heterocycles. The summed E-state index contributed by atoms with van der Waals surface area (Å²) in [7, 11) is 0. The van der Waals surface area contributed by atoms with Crippen LogP contribution in [0.2, 0.25) is 5.02 Å². The van der Waals surface area contributed by atoms with Crippen LogP contribution < -0.4 is 10.6 Å². The van der Waals surface area contributed by atoms with E-state index in [1.165, 1.54) is 10.4 Å². The van der Waals surface area contributed by atoms with Gasteiger partial charge in [-0.15, -0.1) is 11.3 Å². The monoisotopic (exact) mass is 389 g/mol. The summed E-state index contributed by atoms with van der Waals surface area (Å²) < 4.78 is 5.29. The van der Waals surface area contributed by atoms with Gasteiger partial charge in [0.25, 0.3) is 0 Å². The first kappa shape index (κ1) is 18.4. The first-order valence-corrected chi connectivity index (χ1v) is 9.55. The summed E-state index contributed by atoms with van der Waals surface area (Å²) in [6.07, 6.45) is 0. The quantitative estimate of drug-likeness (QED) is 0.492. The Labute approximate surface area is 161 Å². The van der Waals surface area contributed by atoms with Crippen LogP contribution in [0.5, 0.6) is 0 Å². The van der Waals surface area contributed by atoms with E-state index in [9.17, 15) is 0 Å². The van der Waals surface area contributed by atoms with Gasteiger partial charge in [0.15, 0.2) is 5.96 Å². The molecule has 0 aliphatic heterocycles. The lowest BCUT2D eigenvalue weighted by Gasteiger charge is -2.10. The van der Waals surface area contributed by atoms with E-state index in [-0.39, 0.29) is 0 Å². The van der Waals surface area contributed by atoms with Crippen molar-refractivity contribution in [3.63, 3.8) is 0 Å². The molecule has 0 aliphatic rings. The predicted octanol–water partition coefficient (Wildman–Crippen LogP) is 4.02. The topological polar surface area (TPSA) is 75.3 Å². The lowest BCUT2D eigenvalue weighted by molar-refractivity contribution is 0.380. The van der Waals surface area contributed by atoms with Crippen molar-refractivity contribution in [2.45, 2.75) is 26.9 Å². The highest BCUT2D eigenvalue weighted by Crippen LogP contribution is 2.19. The maximum Gasteiger partial charge on any atom is 0.248 e. The number of rotatable bonds is 6. The average molecular weight is 390 g/mol. The number of aryl methyl sites for hydroxylation is 1. The molecular formula is C18H20ClN5OS. The molecule has 0 amide bonds. The highest BCUT2D eigenvalue weighted by Gasteiger charge is 2.09. The molecule has 0 aliphatic carbocycles. The molecule has 0 fully saturated rings. The van der Waals surface area contributed by atoms with Gasteiger partial charge in [0, 0.05) is 22.0 Å². The summed E-state index contributed by atoms with van der Waals surface area (Å²) in [4.78, 5) is 10.2. The molecule has 0 atom stereocenters. The van der Waals surface area contributed by atoms with Crippen molar-refractivity contribution in [1.29, 1.82) is 0 Å². The van der Waals surface area contributed by atoms with Crippen LogP contribution in [0.15, 0.2) is 45.2 Å². The number of nitrogens with zero attached hydrogens (tertiary/aromatic N) is 3. The van der Waals surface area contributed by atoms with E-state index in [0.29, 0.717) is 29.2 Å². The summed E-state index contributed by atoms with van der Waals surface area (Å²) in [6.45, 7) is 5.94. The molecule has 8 heteroatoms. The molecule has 2 N–H and O–H groups in total. The van der Waals surface area contributed by atoms with Gasteiger partial charge in [0.05, 0.1) is 6.54 Å². The van der Waals surface area contributed by atoms with E-state index in [1.807, 2.05) is 19.1 Å². The molecule has 1 aromatic carbocycles. The summed E-state index contributed by atoms with van der Waals surface area (Å²) in [6, 6.07) is 9.42. The highest BCUT2D eigenvalue weighted by molar-refractivity contribution is 7.10. The molecule has 26 heavy (non-hydrogen) atoms. The third kappa shape index (κ3) is 4.83. The summed E-state index contributed by atoms with van der Waals surface area (Å²) in [5, 5.41) is 13.3. The molecule has 0 bridgehead atoms. The van der Waals surface area contributed by atoms with Crippen LogP contribution in [0.1, 0.15) is 23.3 Å². The lowest BCUT2D eigenvalue weighted by atomic mass is 10.2. The Morgan fingerprint density at radius 2 is 2.04 bits per heavy atom. The zero-order chi connectivity index (χ0) is 18.4. The van der Waals surface area contributed by atoms with Crippen molar-refractivity contribution in [3.05, 3.63) is 57.1 Å². The van der Waals surface area contributed by atoms with Gasteiger partial charge in [-0.1, -0.05) is 16.8 Å². The molecule has 0 saturated heterocycles. The van der Waals surface area contributed by atoms with Crippen LogP contribution in [-0.4, -0.2) is 22.6 Å². The third-order valence-corrected chi connectivity index (χ3v) is 4.95. The summed E-state index contributed by atoms with van der Waals surface area (Å²) in [5.74, 6) is 1.70. The van der Waals surface area contributed by atoms with Crippen molar-refractivity contribution in [2.24, 2.45) is 4.99 Å². The van der Waals surface area contributed by atoms with Gasteiger partial charge in [-0.2, -0.15) is 4.98 Å². The Kier molecular flexibility index (Phi) is 6.25. The minimum absolute atomic E-state index is 0.305. The van der Waals surface area contributed by atoms with Gasteiger partial charge in [-0.05, 0) is 55.1 Å². The van der Waals surface area contributed by atoms with Gasteiger partial charge in [0.2, 0.25) is 11.7 Å². The first-order valence-electron chi connectivity index (χ1n) is 8.29. The zero-order valence-corrected chi connectivity index (χ0v) is 16.2. The summed E-state index contributed by atoms with van der Waals surface area (Å²) >= 11 is 7.63. The second-order valence-corrected chi connectivity index (χ2v) is 7.03. The fraction of sp³-hybridized carbons (Fsp3) is 0.278.